The van der Waals surface area contributed by atoms with E-state index >= 15 is 0 Å². The lowest BCUT2D eigenvalue weighted by Gasteiger charge is -2.34. The number of aliphatic hydroxyl groups is 1. The molecular formula is C13H19ClN2O. The molecule has 0 aromatic heterocycles. The molecule has 1 aromatic carbocycles. The van der Waals surface area contributed by atoms with Gasteiger partial charge >= 0.3 is 0 Å². The summed E-state index contributed by atoms with van der Waals surface area (Å²) in [4.78, 5) is 2.24. The highest BCUT2D eigenvalue weighted by Gasteiger charge is 2.27. The predicted molar refractivity (Wildman–Crippen MR) is 70.9 cm³/mol. The van der Waals surface area contributed by atoms with Crippen molar-refractivity contribution in [2.45, 2.75) is 25.5 Å². The third kappa shape index (κ3) is 3.35. The summed E-state index contributed by atoms with van der Waals surface area (Å²) < 4.78 is 0. The molecule has 0 heterocycles. The van der Waals surface area contributed by atoms with Crippen LogP contribution in [0.5, 0.6) is 0 Å². The third-order valence-corrected chi connectivity index (χ3v) is 3.65. The van der Waals surface area contributed by atoms with Crippen molar-refractivity contribution in [2.75, 3.05) is 19.3 Å². The highest BCUT2D eigenvalue weighted by atomic mass is 35.5. The Labute approximate surface area is 107 Å². The fourth-order valence-corrected chi connectivity index (χ4v) is 2.59. The predicted octanol–water partition coefficient (Wildman–Crippen LogP) is 2.12. The molecule has 1 aromatic rings. The summed E-state index contributed by atoms with van der Waals surface area (Å²) in [6.07, 6.45) is 1.79. The van der Waals surface area contributed by atoms with Crippen molar-refractivity contribution in [2.24, 2.45) is 5.92 Å². The maximum Gasteiger partial charge on any atom is 0.0546 e. The second-order valence-corrected chi connectivity index (χ2v) is 5.45. The summed E-state index contributed by atoms with van der Waals surface area (Å²) in [5, 5.41) is 9.97. The first-order valence-electron chi connectivity index (χ1n) is 5.95. The van der Waals surface area contributed by atoms with Gasteiger partial charge in [-0.05, 0) is 43.5 Å². The molecule has 1 aliphatic carbocycles. The lowest BCUT2D eigenvalue weighted by molar-refractivity contribution is 0.0274. The first-order chi connectivity index (χ1) is 8.04. The van der Waals surface area contributed by atoms with Crippen LogP contribution in [-0.2, 0) is 6.54 Å². The van der Waals surface area contributed by atoms with E-state index in [0.717, 1.165) is 36.5 Å². The van der Waals surface area contributed by atoms with Gasteiger partial charge in [0.25, 0.3) is 0 Å². The van der Waals surface area contributed by atoms with Gasteiger partial charge in [0.15, 0.2) is 0 Å². The Bertz CT molecular complexity index is 391. The summed E-state index contributed by atoms with van der Waals surface area (Å²) in [6.45, 7) is 1.84. The Hall–Kier alpha value is -0.770. The third-order valence-electron chi connectivity index (χ3n) is 3.30. The number of anilines is 1. The zero-order valence-corrected chi connectivity index (χ0v) is 10.8. The average molecular weight is 255 g/mol. The maximum atomic E-state index is 9.24. The summed E-state index contributed by atoms with van der Waals surface area (Å²) in [7, 11) is 2.08. The Morgan fingerprint density at radius 3 is 2.76 bits per heavy atom. The van der Waals surface area contributed by atoms with E-state index in [1.54, 1.807) is 6.07 Å². The first-order valence-corrected chi connectivity index (χ1v) is 6.33. The molecule has 0 aliphatic heterocycles. The molecule has 0 spiro atoms. The van der Waals surface area contributed by atoms with E-state index in [0.29, 0.717) is 11.6 Å². The highest BCUT2D eigenvalue weighted by molar-refractivity contribution is 6.31. The minimum absolute atomic E-state index is 0.0755. The molecule has 17 heavy (non-hydrogen) atoms. The van der Waals surface area contributed by atoms with Gasteiger partial charge in [0.05, 0.1) is 6.10 Å². The van der Waals surface area contributed by atoms with E-state index in [1.807, 2.05) is 12.1 Å². The quantitative estimate of drug-likeness (QED) is 0.810. The van der Waals surface area contributed by atoms with Crippen LogP contribution in [0.1, 0.15) is 18.4 Å². The molecule has 3 nitrogen and oxygen atoms in total. The number of nitrogen functional groups attached to an aromatic ring is 1. The van der Waals surface area contributed by atoms with Crippen LogP contribution in [0.25, 0.3) is 0 Å². The van der Waals surface area contributed by atoms with E-state index in [1.165, 1.54) is 0 Å². The van der Waals surface area contributed by atoms with Crippen LogP contribution in [0.2, 0.25) is 5.02 Å². The molecule has 2 rings (SSSR count). The number of hydrogen-bond acceptors (Lipinski definition) is 3. The Morgan fingerprint density at radius 2 is 2.18 bits per heavy atom. The van der Waals surface area contributed by atoms with Gasteiger partial charge in [-0.1, -0.05) is 17.7 Å². The number of nitrogens with zero attached hydrogens (tertiary/aromatic N) is 1. The van der Waals surface area contributed by atoms with E-state index in [-0.39, 0.29) is 6.10 Å². The van der Waals surface area contributed by atoms with Crippen molar-refractivity contribution >= 4 is 17.3 Å². The van der Waals surface area contributed by atoms with E-state index in [9.17, 15) is 5.11 Å². The zero-order chi connectivity index (χ0) is 12.4. The van der Waals surface area contributed by atoms with Crippen molar-refractivity contribution in [3.8, 4) is 0 Å². The standard InChI is InChI=1S/C13H19ClN2O/c1-16(7-9-4-12(17)5-9)8-10-2-3-11(15)6-13(10)14/h2-3,6,9,12,17H,4-5,7-8,15H2,1H3. The topological polar surface area (TPSA) is 49.5 Å². The summed E-state index contributed by atoms with van der Waals surface area (Å²) >= 11 is 6.13. The number of halogens is 1. The van der Waals surface area contributed by atoms with Crippen LogP contribution in [0.3, 0.4) is 0 Å². The second-order valence-electron chi connectivity index (χ2n) is 5.04. The Kier molecular flexibility index (Phi) is 3.92. The van der Waals surface area contributed by atoms with Gasteiger partial charge in [-0.2, -0.15) is 0 Å². The molecule has 1 aliphatic rings. The van der Waals surface area contributed by atoms with Crippen molar-refractivity contribution in [1.82, 2.24) is 4.90 Å². The lowest BCUT2D eigenvalue weighted by atomic mass is 9.82. The van der Waals surface area contributed by atoms with Crippen LogP contribution in [0.4, 0.5) is 5.69 Å². The molecule has 0 saturated heterocycles. The van der Waals surface area contributed by atoms with Crippen LogP contribution in [0.15, 0.2) is 18.2 Å². The molecule has 0 radical (unpaired) electrons. The van der Waals surface area contributed by atoms with Gasteiger partial charge in [-0.25, -0.2) is 0 Å². The molecule has 0 atom stereocenters. The minimum Gasteiger partial charge on any atom is -0.399 e. The van der Waals surface area contributed by atoms with E-state index in [2.05, 4.69) is 11.9 Å². The average Bonchev–Trinajstić information content (AvgIpc) is 2.20. The van der Waals surface area contributed by atoms with Gasteiger partial charge in [0.2, 0.25) is 0 Å². The number of rotatable bonds is 4. The first kappa shape index (κ1) is 12.7. The Morgan fingerprint density at radius 1 is 1.47 bits per heavy atom. The Balaban J connectivity index is 1.87. The van der Waals surface area contributed by atoms with Crippen LogP contribution < -0.4 is 5.73 Å². The summed E-state index contributed by atoms with van der Waals surface area (Å²) in [6, 6.07) is 5.64. The van der Waals surface area contributed by atoms with Crippen molar-refractivity contribution in [3.05, 3.63) is 28.8 Å². The second kappa shape index (κ2) is 5.25. The zero-order valence-electron chi connectivity index (χ0n) is 10.1. The molecule has 1 fully saturated rings. The fraction of sp³-hybridized carbons (Fsp3) is 0.538. The molecule has 1 saturated carbocycles. The molecule has 0 unspecified atom stereocenters. The number of aliphatic hydroxyl groups excluding tert-OH is 1. The van der Waals surface area contributed by atoms with E-state index < -0.39 is 0 Å². The van der Waals surface area contributed by atoms with Gasteiger partial charge in [0.1, 0.15) is 0 Å². The smallest absolute Gasteiger partial charge is 0.0546 e. The monoisotopic (exact) mass is 254 g/mol. The van der Waals surface area contributed by atoms with E-state index in [4.69, 9.17) is 17.3 Å². The molecular weight excluding hydrogens is 236 g/mol. The molecule has 3 N–H and O–H groups in total. The molecule has 4 heteroatoms. The van der Waals surface area contributed by atoms with Gasteiger partial charge in [-0.15, -0.1) is 0 Å². The molecule has 0 bridgehead atoms. The van der Waals surface area contributed by atoms with Crippen molar-refractivity contribution in [1.29, 1.82) is 0 Å². The lowest BCUT2D eigenvalue weighted by Crippen LogP contribution is -2.36. The van der Waals surface area contributed by atoms with Crippen LogP contribution in [-0.4, -0.2) is 29.7 Å². The largest absolute Gasteiger partial charge is 0.399 e. The molecule has 94 valence electrons. The molecule has 0 amide bonds. The van der Waals surface area contributed by atoms with Gasteiger partial charge in [-0.3, -0.25) is 0 Å². The number of hydrogen-bond donors (Lipinski definition) is 2. The number of nitrogens with two attached hydrogens (primary N) is 1. The fourth-order valence-electron chi connectivity index (χ4n) is 2.34. The van der Waals surface area contributed by atoms with Crippen molar-refractivity contribution in [3.63, 3.8) is 0 Å². The summed E-state index contributed by atoms with van der Waals surface area (Å²) in [5.74, 6) is 0.627. The normalized spacial score (nSPS) is 23.8. The van der Waals surface area contributed by atoms with Crippen LogP contribution in [0, 0.1) is 5.92 Å². The highest BCUT2D eigenvalue weighted by Crippen LogP contribution is 2.28. The van der Waals surface area contributed by atoms with Crippen LogP contribution >= 0.6 is 11.6 Å². The summed E-state index contributed by atoms with van der Waals surface area (Å²) in [5.41, 5.74) is 7.46. The van der Waals surface area contributed by atoms with Gasteiger partial charge < -0.3 is 15.7 Å². The number of benzene rings is 1. The SMILES string of the molecule is CN(Cc1ccc(N)cc1Cl)CC1CC(O)C1. The maximum absolute atomic E-state index is 9.24. The minimum atomic E-state index is -0.0755. The van der Waals surface area contributed by atoms with Crippen molar-refractivity contribution < 1.29 is 5.11 Å². The van der Waals surface area contributed by atoms with Gasteiger partial charge in [0, 0.05) is 23.8 Å².